The van der Waals surface area contributed by atoms with Crippen molar-refractivity contribution in [1.82, 2.24) is 0 Å². The summed E-state index contributed by atoms with van der Waals surface area (Å²) in [4.78, 5) is 22.5. The Morgan fingerprint density at radius 1 is 1.57 bits per heavy atom. The summed E-state index contributed by atoms with van der Waals surface area (Å²) in [5, 5.41) is 1.75. The van der Waals surface area contributed by atoms with E-state index in [0.29, 0.717) is 10.6 Å². The average Bonchev–Trinajstić information content (AvgIpc) is 2.47. The van der Waals surface area contributed by atoms with E-state index in [-0.39, 0.29) is 6.42 Å². The highest BCUT2D eigenvalue weighted by Crippen LogP contribution is 2.25. The Hall–Kier alpha value is -1.36. The van der Waals surface area contributed by atoms with Gasteiger partial charge in [0.25, 0.3) is 0 Å². The Kier molecular flexibility index (Phi) is 3.24. The van der Waals surface area contributed by atoms with Crippen LogP contribution in [0.15, 0.2) is 5.38 Å². The van der Waals surface area contributed by atoms with Gasteiger partial charge in [0.2, 0.25) is 0 Å². The van der Waals surface area contributed by atoms with Crippen molar-refractivity contribution in [2.24, 2.45) is 0 Å². The lowest BCUT2D eigenvalue weighted by atomic mass is 10.3. The minimum absolute atomic E-state index is 0.177. The lowest BCUT2D eigenvalue weighted by Gasteiger charge is -1.99. The molecule has 1 aromatic heterocycles. The number of esters is 2. The molecule has 14 heavy (non-hydrogen) atoms. The largest absolute Gasteiger partial charge is 0.397 e. The first-order valence-corrected chi connectivity index (χ1v) is 5.02. The average molecular weight is 213 g/mol. The molecule has 0 unspecified atom stereocenters. The standard InChI is InChI=1S/C9H11NO3S/c1-3-6(11)13-9(12)8-7(10)5(2)4-14-8/h4H,3,10H2,1-2H3. The van der Waals surface area contributed by atoms with Crippen molar-refractivity contribution < 1.29 is 14.3 Å². The molecule has 0 aromatic carbocycles. The molecule has 0 atom stereocenters. The highest BCUT2D eigenvalue weighted by molar-refractivity contribution is 7.12. The monoisotopic (exact) mass is 213 g/mol. The van der Waals surface area contributed by atoms with Crippen molar-refractivity contribution >= 4 is 29.0 Å². The maximum Gasteiger partial charge on any atom is 0.358 e. The van der Waals surface area contributed by atoms with Gasteiger partial charge in [0.1, 0.15) is 4.88 Å². The summed E-state index contributed by atoms with van der Waals surface area (Å²) in [5.41, 5.74) is 6.84. The summed E-state index contributed by atoms with van der Waals surface area (Å²) in [6.07, 6.45) is 0.177. The Morgan fingerprint density at radius 3 is 2.64 bits per heavy atom. The first-order valence-electron chi connectivity index (χ1n) is 4.14. The number of nitrogen functional groups attached to an aromatic ring is 1. The van der Waals surface area contributed by atoms with Gasteiger partial charge in [0.05, 0.1) is 5.69 Å². The molecular formula is C9H11NO3S. The Bertz CT molecular complexity index is 370. The molecular weight excluding hydrogens is 202 g/mol. The summed E-state index contributed by atoms with van der Waals surface area (Å²) in [6.45, 7) is 3.42. The van der Waals surface area contributed by atoms with E-state index in [2.05, 4.69) is 4.74 Å². The van der Waals surface area contributed by atoms with Crippen LogP contribution in [0, 0.1) is 6.92 Å². The number of hydrogen-bond donors (Lipinski definition) is 1. The number of nitrogens with two attached hydrogens (primary N) is 1. The molecule has 0 amide bonds. The van der Waals surface area contributed by atoms with E-state index in [9.17, 15) is 9.59 Å². The zero-order chi connectivity index (χ0) is 10.7. The van der Waals surface area contributed by atoms with Crippen LogP contribution < -0.4 is 5.73 Å². The van der Waals surface area contributed by atoms with E-state index in [1.165, 1.54) is 11.3 Å². The summed E-state index contributed by atoms with van der Waals surface area (Å²) in [5.74, 6) is -1.20. The van der Waals surface area contributed by atoms with Gasteiger partial charge in [-0.15, -0.1) is 11.3 Å². The molecule has 0 bridgehead atoms. The third-order valence-corrected chi connectivity index (χ3v) is 2.80. The number of rotatable bonds is 2. The van der Waals surface area contributed by atoms with E-state index in [0.717, 1.165) is 5.56 Å². The van der Waals surface area contributed by atoms with Crippen LogP contribution in [-0.4, -0.2) is 11.9 Å². The second-order valence-electron chi connectivity index (χ2n) is 2.78. The van der Waals surface area contributed by atoms with Gasteiger partial charge in [-0.05, 0) is 17.9 Å². The number of anilines is 1. The molecule has 0 aliphatic rings. The molecule has 1 aromatic rings. The second-order valence-corrected chi connectivity index (χ2v) is 3.66. The van der Waals surface area contributed by atoms with E-state index < -0.39 is 11.9 Å². The first kappa shape index (κ1) is 10.7. The molecule has 0 saturated heterocycles. The van der Waals surface area contributed by atoms with Crippen LogP contribution in [0.4, 0.5) is 5.69 Å². The van der Waals surface area contributed by atoms with Crippen molar-refractivity contribution in [3.63, 3.8) is 0 Å². The normalized spacial score (nSPS) is 9.86. The number of hydrogen-bond acceptors (Lipinski definition) is 5. The molecule has 76 valence electrons. The van der Waals surface area contributed by atoms with Crippen molar-refractivity contribution in [2.45, 2.75) is 20.3 Å². The SMILES string of the molecule is CCC(=O)OC(=O)c1scc(C)c1N. The van der Waals surface area contributed by atoms with E-state index in [4.69, 9.17) is 5.73 Å². The van der Waals surface area contributed by atoms with Gasteiger partial charge in [-0.2, -0.15) is 0 Å². The van der Waals surface area contributed by atoms with Crippen LogP contribution in [0.2, 0.25) is 0 Å². The topological polar surface area (TPSA) is 69.4 Å². The molecule has 0 saturated carbocycles. The molecule has 4 nitrogen and oxygen atoms in total. The zero-order valence-corrected chi connectivity index (χ0v) is 8.81. The summed E-state index contributed by atoms with van der Waals surface area (Å²) >= 11 is 1.18. The molecule has 0 aliphatic heterocycles. The summed E-state index contributed by atoms with van der Waals surface area (Å²) < 4.78 is 4.53. The lowest BCUT2D eigenvalue weighted by Crippen LogP contribution is -2.11. The molecule has 0 radical (unpaired) electrons. The van der Waals surface area contributed by atoms with Gasteiger partial charge < -0.3 is 10.5 Å². The highest BCUT2D eigenvalue weighted by Gasteiger charge is 2.17. The molecule has 1 heterocycles. The van der Waals surface area contributed by atoms with Gasteiger partial charge in [-0.3, -0.25) is 4.79 Å². The third kappa shape index (κ3) is 2.11. The van der Waals surface area contributed by atoms with E-state index in [1.54, 1.807) is 19.2 Å². The van der Waals surface area contributed by atoms with Crippen LogP contribution in [0.25, 0.3) is 0 Å². The van der Waals surface area contributed by atoms with Gasteiger partial charge in [-0.25, -0.2) is 4.79 Å². The van der Waals surface area contributed by atoms with Crippen LogP contribution in [0.3, 0.4) is 0 Å². The predicted molar refractivity (Wildman–Crippen MR) is 54.2 cm³/mol. The van der Waals surface area contributed by atoms with Crippen molar-refractivity contribution in [3.8, 4) is 0 Å². The van der Waals surface area contributed by atoms with Crippen molar-refractivity contribution in [3.05, 3.63) is 15.8 Å². The Balaban J connectivity index is 2.80. The van der Waals surface area contributed by atoms with E-state index >= 15 is 0 Å². The maximum absolute atomic E-state index is 11.3. The van der Waals surface area contributed by atoms with Gasteiger partial charge >= 0.3 is 11.9 Å². The first-order chi connectivity index (χ1) is 6.56. The second kappa shape index (κ2) is 4.23. The maximum atomic E-state index is 11.3. The minimum Gasteiger partial charge on any atom is -0.397 e. The van der Waals surface area contributed by atoms with Crippen molar-refractivity contribution in [1.29, 1.82) is 0 Å². The third-order valence-electron chi connectivity index (χ3n) is 1.70. The van der Waals surface area contributed by atoms with Crippen molar-refractivity contribution in [2.75, 3.05) is 5.73 Å². The fourth-order valence-corrected chi connectivity index (χ4v) is 1.68. The molecule has 2 N–H and O–H groups in total. The number of carbonyl (C=O) groups excluding carboxylic acids is 2. The van der Waals surface area contributed by atoms with Crippen LogP contribution >= 0.6 is 11.3 Å². The minimum atomic E-state index is -0.660. The highest BCUT2D eigenvalue weighted by atomic mass is 32.1. The zero-order valence-electron chi connectivity index (χ0n) is 7.99. The molecule has 0 aliphatic carbocycles. The number of aryl methyl sites for hydroxylation is 1. The quantitative estimate of drug-likeness (QED) is 0.600. The van der Waals surface area contributed by atoms with Gasteiger partial charge in [0.15, 0.2) is 0 Å². The number of ether oxygens (including phenoxy) is 1. The van der Waals surface area contributed by atoms with Gasteiger partial charge in [-0.1, -0.05) is 6.92 Å². The predicted octanol–water partition coefficient (Wildman–Crippen LogP) is 1.73. The van der Waals surface area contributed by atoms with Crippen LogP contribution in [0.5, 0.6) is 0 Å². The molecule has 0 spiro atoms. The smallest absolute Gasteiger partial charge is 0.358 e. The molecule has 1 rings (SSSR count). The summed E-state index contributed by atoms with van der Waals surface area (Å²) in [7, 11) is 0. The number of thiophene rings is 1. The number of carbonyl (C=O) groups is 2. The van der Waals surface area contributed by atoms with E-state index in [1.807, 2.05) is 0 Å². The molecule has 5 heteroatoms. The Labute approximate surface area is 85.7 Å². The Morgan fingerprint density at radius 2 is 2.21 bits per heavy atom. The lowest BCUT2D eigenvalue weighted by molar-refractivity contribution is -0.137. The van der Waals surface area contributed by atoms with Crippen LogP contribution in [0.1, 0.15) is 28.6 Å². The fraction of sp³-hybridized carbons (Fsp3) is 0.333. The van der Waals surface area contributed by atoms with Crippen LogP contribution in [-0.2, 0) is 9.53 Å². The molecule has 0 fully saturated rings. The van der Waals surface area contributed by atoms with Gasteiger partial charge in [0, 0.05) is 6.42 Å². The fourth-order valence-electron chi connectivity index (χ4n) is 0.833. The summed E-state index contributed by atoms with van der Waals surface area (Å²) in [6, 6.07) is 0.